The molecule has 0 atom stereocenters. The Morgan fingerprint density at radius 1 is 0.684 bits per heavy atom. The Bertz CT molecular complexity index is 278. The molecule has 110 valence electrons. The summed E-state index contributed by atoms with van der Waals surface area (Å²) in [5, 5.41) is 19.4. The zero-order chi connectivity index (χ0) is 14.6. The minimum Gasteiger partial charge on any atom is -0.550 e. The van der Waals surface area contributed by atoms with E-state index < -0.39 is 11.9 Å². The van der Waals surface area contributed by atoms with Gasteiger partial charge in [0.25, 0.3) is 0 Å². The number of carbonyl (C=O) groups excluding carboxylic acids is 4. The number of aliphatic carboxylic acids is 2. The number of carboxylic acid groups (broad SMARTS) is 2. The van der Waals surface area contributed by atoms with Crippen LogP contribution in [0, 0.1) is 0 Å². The molecule has 9 heteroatoms. The first-order valence-corrected chi connectivity index (χ1v) is 5.16. The minimum atomic E-state index is -1.21. The van der Waals surface area contributed by atoms with Gasteiger partial charge in [0.2, 0.25) is 0 Å². The maximum atomic E-state index is 10.3. The van der Waals surface area contributed by atoms with Crippen LogP contribution < -0.4 is 21.7 Å². The maximum absolute atomic E-state index is 10.3. The van der Waals surface area contributed by atoms with Gasteiger partial charge in [-0.15, -0.1) is 0 Å². The zero-order valence-corrected chi connectivity index (χ0v) is 11.3. The second kappa shape index (κ2) is 14.8. The van der Waals surface area contributed by atoms with Crippen molar-refractivity contribution in [3.05, 3.63) is 0 Å². The summed E-state index contributed by atoms with van der Waals surface area (Å²) in [5.74, 6) is -2.92. The molecule has 0 aliphatic carbocycles. The van der Waals surface area contributed by atoms with Gasteiger partial charge in [0.15, 0.2) is 0 Å². The molecule has 0 aromatic rings. The Morgan fingerprint density at radius 3 is 1.11 bits per heavy atom. The van der Waals surface area contributed by atoms with Gasteiger partial charge in [0, 0.05) is 24.8 Å². The van der Waals surface area contributed by atoms with Crippen LogP contribution in [0.15, 0.2) is 0 Å². The van der Waals surface area contributed by atoms with Crippen molar-refractivity contribution in [3.8, 4) is 0 Å². The molecular weight excluding hydrogens is 300 g/mol. The molecule has 0 aliphatic heterocycles. The smallest absolute Gasteiger partial charge is 0.550 e. The van der Waals surface area contributed by atoms with Crippen LogP contribution in [0.1, 0.15) is 25.7 Å². The largest absolute Gasteiger partial charge is 2.00 e. The first-order valence-electron chi connectivity index (χ1n) is 5.16. The Kier molecular flexibility index (Phi) is 17.8. The second-order valence-corrected chi connectivity index (χ2v) is 3.23. The number of nitrogens with two attached hydrogens (primary N) is 2. The van der Waals surface area contributed by atoms with E-state index in [1.165, 1.54) is 0 Å². The van der Waals surface area contributed by atoms with E-state index in [9.17, 15) is 29.4 Å². The number of hydrogen-bond donors (Lipinski definition) is 2. The Labute approximate surface area is 121 Å². The molecule has 0 bridgehead atoms. The van der Waals surface area contributed by atoms with Crippen LogP contribution >= 0.6 is 0 Å². The van der Waals surface area contributed by atoms with Crippen molar-refractivity contribution < 1.29 is 46.5 Å². The summed E-state index contributed by atoms with van der Waals surface area (Å²) in [7, 11) is 0. The summed E-state index contributed by atoms with van der Waals surface area (Å²) in [4.78, 5) is 40.0. The zero-order valence-electron chi connectivity index (χ0n) is 10.2. The van der Waals surface area contributed by atoms with Gasteiger partial charge in [-0.2, -0.15) is 0 Å². The van der Waals surface area contributed by atoms with Crippen molar-refractivity contribution >= 4 is 23.5 Å². The molecule has 8 nitrogen and oxygen atoms in total. The average molecular weight is 316 g/mol. The predicted octanol–water partition coefficient (Wildman–Crippen LogP) is -3.91. The molecule has 0 saturated heterocycles. The quantitative estimate of drug-likeness (QED) is 0.428. The molecular formula is C10H16FeN2O6. The van der Waals surface area contributed by atoms with E-state index >= 15 is 0 Å². The molecule has 0 aliphatic rings. The van der Waals surface area contributed by atoms with E-state index in [1.54, 1.807) is 0 Å². The summed E-state index contributed by atoms with van der Waals surface area (Å²) in [6.07, 6.45) is -0.482. The monoisotopic (exact) mass is 316 g/mol. The third-order valence-electron chi connectivity index (χ3n) is 1.67. The minimum absolute atomic E-state index is 0. The van der Waals surface area contributed by atoms with Gasteiger partial charge in [-0.3, -0.25) is 9.59 Å². The number of Topliss-reactive ketones (excluding diaryl/α,β-unsaturated/α-hetero) is 2. The predicted molar refractivity (Wildman–Crippen MR) is 56.6 cm³/mol. The van der Waals surface area contributed by atoms with Gasteiger partial charge in [-0.1, -0.05) is 0 Å². The molecule has 0 aromatic heterocycles. The first-order chi connectivity index (χ1) is 8.33. The summed E-state index contributed by atoms with van der Waals surface area (Å²) >= 11 is 0. The normalized spacial score (nSPS) is 8.53. The van der Waals surface area contributed by atoms with Crippen LogP contribution in [0.2, 0.25) is 0 Å². The summed E-state index contributed by atoms with van der Waals surface area (Å²) in [5.41, 5.74) is 9.79. The van der Waals surface area contributed by atoms with Gasteiger partial charge in [-0.25, -0.2) is 0 Å². The second-order valence-electron chi connectivity index (χ2n) is 3.23. The fourth-order valence-corrected chi connectivity index (χ4v) is 0.687. The average Bonchev–Trinajstić information content (AvgIpc) is 2.33. The Morgan fingerprint density at radius 2 is 0.947 bits per heavy atom. The molecule has 0 aromatic carbocycles. The van der Waals surface area contributed by atoms with Gasteiger partial charge in [0.05, 0.1) is 13.1 Å². The summed E-state index contributed by atoms with van der Waals surface area (Å²) in [6.45, 7) is -0.180. The molecule has 0 amide bonds. The standard InChI is InChI=1S/2C5H9NO3.Fe/c2*6-3-4(7)1-2-5(8)9;/h2*1-3,6H2,(H,8,9);/q;;+2/p-2. The maximum Gasteiger partial charge on any atom is 2.00 e. The SMILES string of the molecule is NCC(=O)CCC(=O)[O-].NCC(=O)CCC(=O)[O-].[Fe+2]. The van der Waals surface area contributed by atoms with Crippen LogP contribution in [-0.2, 0) is 36.2 Å². The number of ketones is 2. The van der Waals surface area contributed by atoms with E-state index in [-0.39, 0.29) is 67.4 Å². The summed E-state index contributed by atoms with van der Waals surface area (Å²) in [6, 6.07) is 0. The Hall–Kier alpha value is -1.28. The molecule has 19 heavy (non-hydrogen) atoms. The molecule has 0 spiro atoms. The molecule has 0 heterocycles. The van der Waals surface area contributed by atoms with E-state index in [0.717, 1.165) is 0 Å². The van der Waals surface area contributed by atoms with Gasteiger partial charge < -0.3 is 31.3 Å². The van der Waals surface area contributed by atoms with Crippen molar-refractivity contribution in [1.82, 2.24) is 0 Å². The Balaban J connectivity index is -0.000000256. The third-order valence-corrected chi connectivity index (χ3v) is 1.67. The third kappa shape index (κ3) is 22.4. The van der Waals surface area contributed by atoms with E-state index in [0.29, 0.717) is 0 Å². The molecule has 0 unspecified atom stereocenters. The molecule has 0 radical (unpaired) electrons. The molecule has 4 N–H and O–H groups in total. The number of rotatable bonds is 8. The topological polar surface area (TPSA) is 166 Å². The van der Waals surface area contributed by atoms with E-state index in [4.69, 9.17) is 11.5 Å². The van der Waals surface area contributed by atoms with Crippen molar-refractivity contribution in [2.75, 3.05) is 13.1 Å². The van der Waals surface area contributed by atoms with E-state index in [1.807, 2.05) is 0 Å². The van der Waals surface area contributed by atoms with Gasteiger partial charge >= 0.3 is 17.1 Å². The van der Waals surface area contributed by atoms with Crippen molar-refractivity contribution in [2.45, 2.75) is 25.7 Å². The van der Waals surface area contributed by atoms with Crippen LogP contribution in [0.25, 0.3) is 0 Å². The summed E-state index contributed by atoms with van der Waals surface area (Å²) < 4.78 is 0. The molecule has 0 saturated carbocycles. The van der Waals surface area contributed by atoms with Crippen LogP contribution in [0.4, 0.5) is 0 Å². The van der Waals surface area contributed by atoms with Gasteiger partial charge in [-0.05, 0) is 12.8 Å². The fourth-order valence-electron chi connectivity index (χ4n) is 0.687. The number of carbonyl (C=O) groups is 4. The van der Waals surface area contributed by atoms with Crippen LogP contribution in [0.5, 0.6) is 0 Å². The van der Waals surface area contributed by atoms with Crippen molar-refractivity contribution in [1.29, 1.82) is 0 Å². The fraction of sp³-hybridized carbons (Fsp3) is 0.600. The van der Waals surface area contributed by atoms with Crippen LogP contribution in [0.3, 0.4) is 0 Å². The van der Waals surface area contributed by atoms with Crippen molar-refractivity contribution in [3.63, 3.8) is 0 Å². The van der Waals surface area contributed by atoms with Crippen LogP contribution in [-0.4, -0.2) is 36.6 Å². The number of hydrogen-bond acceptors (Lipinski definition) is 8. The van der Waals surface area contributed by atoms with Crippen molar-refractivity contribution in [2.24, 2.45) is 11.5 Å². The van der Waals surface area contributed by atoms with E-state index in [2.05, 4.69) is 0 Å². The van der Waals surface area contributed by atoms with Gasteiger partial charge in [0.1, 0.15) is 11.6 Å². The molecule has 0 fully saturated rings. The number of carboxylic acids is 2. The first kappa shape index (κ1) is 22.9. The molecule has 0 rings (SSSR count).